The van der Waals surface area contributed by atoms with Crippen molar-refractivity contribution in [3.8, 4) is 11.5 Å². The molecule has 24 heavy (non-hydrogen) atoms. The maximum atomic E-state index is 12.2. The topological polar surface area (TPSA) is 69.6 Å². The van der Waals surface area contributed by atoms with Crippen LogP contribution in [0.1, 0.15) is 20.3 Å². The highest BCUT2D eigenvalue weighted by Gasteiger charge is 2.10. The number of pyridine rings is 1. The second kappa shape index (κ2) is 8.76. The Kier molecular flexibility index (Phi) is 6.42. The highest BCUT2D eigenvalue weighted by atomic mass is 16.5. The number of hydrogen-bond donors (Lipinski definition) is 1. The van der Waals surface area contributed by atoms with Crippen LogP contribution in [0.25, 0.3) is 0 Å². The van der Waals surface area contributed by atoms with E-state index in [1.165, 1.54) is 10.6 Å². The minimum Gasteiger partial charge on any atom is -0.494 e. The van der Waals surface area contributed by atoms with Gasteiger partial charge in [-0.05, 0) is 32.0 Å². The van der Waals surface area contributed by atoms with Gasteiger partial charge in [0.1, 0.15) is 11.5 Å². The highest BCUT2D eigenvalue weighted by molar-refractivity contribution is 5.92. The Labute approximate surface area is 141 Å². The van der Waals surface area contributed by atoms with Gasteiger partial charge in [0.05, 0.1) is 18.9 Å². The number of carbonyl (C=O) groups is 1. The number of amides is 1. The third kappa shape index (κ3) is 4.87. The van der Waals surface area contributed by atoms with Crippen molar-refractivity contribution in [1.82, 2.24) is 4.57 Å². The number of nitrogens with one attached hydrogen (secondary N) is 1. The molecular formula is C18H22N2O4. The number of ether oxygens (including phenoxy) is 2. The molecule has 0 bridgehead atoms. The number of anilines is 1. The summed E-state index contributed by atoms with van der Waals surface area (Å²) < 4.78 is 12.5. The quantitative estimate of drug-likeness (QED) is 0.808. The van der Waals surface area contributed by atoms with Gasteiger partial charge in [0.2, 0.25) is 5.91 Å². The van der Waals surface area contributed by atoms with Crippen LogP contribution >= 0.6 is 0 Å². The summed E-state index contributed by atoms with van der Waals surface area (Å²) in [6.07, 6.45) is 1.85. The second-order valence-corrected chi connectivity index (χ2v) is 5.05. The van der Waals surface area contributed by atoms with Crippen molar-refractivity contribution in [2.75, 3.05) is 18.5 Å². The number of carbonyl (C=O) groups excluding carboxylic acids is 1. The summed E-state index contributed by atoms with van der Waals surface area (Å²) in [5.41, 5.74) is 0.437. The molecule has 0 unspecified atom stereocenters. The standard InChI is InChI=1S/C18H22N2O4/c1-3-23-14-8-9-16(24-4-2)15(13-14)19-17(21)10-12-20-11-6-5-7-18(20)22/h5-9,11,13H,3-4,10,12H2,1-2H3,(H,19,21). The molecule has 2 aromatic rings. The van der Waals surface area contributed by atoms with Crippen LogP contribution in [0.5, 0.6) is 11.5 Å². The Morgan fingerprint density at radius 2 is 1.92 bits per heavy atom. The monoisotopic (exact) mass is 330 g/mol. The van der Waals surface area contributed by atoms with Gasteiger partial charge in [0.15, 0.2) is 0 Å². The minimum absolute atomic E-state index is 0.126. The zero-order valence-electron chi connectivity index (χ0n) is 14.0. The predicted octanol–water partition coefficient (Wildman–Crippen LogP) is 2.67. The largest absolute Gasteiger partial charge is 0.494 e. The molecule has 0 aliphatic carbocycles. The van der Waals surface area contributed by atoms with Crippen LogP contribution in [0.3, 0.4) is 0 Å². The van der Waals surface area contributed by atoms with Crippen LogP contribution in [-0.2, 0) is 11.3 Å². The number of benzene rings is 1. The molecule has 0 aliphatic rings. The van der Waals surface area contributed by atoms with Crippen molar-refractivity contribution in [1.29, 1.82) is 0 Å². The van der Waals surface area contributed by atoms with E-state index in [1.54, 1.807) is 36.5 Å². The molecule has 0 atom stereocenters. The van der Waals surface area contributed by atoms with Crippen LogP contribution in [0, 0.1) is 0 Å². The molecule has 0 radical (unpaired) electrons. The Bertz CT molecular complexity index is 740. The first-order chi connectivity index (χ1) is 11.6. The summed E-state index contributed by atoms with van der Waals surface area (Å²) >= 11 is 0. The molecule has 6 nitrogen and oxygen atoms in total. The lowest BCUT2D eigenvalue weighted by molar-refractivity contribution is -0.116. The summed E-state index contributed by atoms with van der Waals surface area (Å²) in [6.45, 7) is 5.13. The van der Waals surface area contributed by atoms with E-state index in [-0.39, 0.29) is 17.9 Å². The highest BCUT2D eigenvalue weighted by Crippen LogP contribution is 2.29. The lowest BCUT2D eigenvalue weighted by atomic mass is 10.2. The van der Waals surface area contributed by atoms with Gasteiger partial charge < -0.3 is 19.4 Å². The van der Waals surface area contributed by atoms with Crippen molar-refractivity contribution in [2.24, 2.45) is 0 Å². The fourth-order valence-corrected chi connectivity index (χ4v) is 2.22. The molecule has 1 amide bonds. The molecule has 2 rings (SSSR count). The summed E-state index contributed by atoms with van der Waals surface area (Å²) in [7, 11) is 0. The lowest BCUT2D eigenvalue weighted by Gasteiger charge is -2.13. The third-order valence-corrected chi connectivity index (χ3v) is 3.31. The molecule has 0 saturated heterocycles. The Balaban J connectivity index is 2.05. The molecule has 6 heteroatoms. The zero-order valence-corrected chi connectivity index (χ0v) is 14.0. The van der Waals surface area contributed by atoms with Crippen molar-refractivity contribution in [3.05, 3.63) is 52.9 Å². The Hall–Kier alpha value is -2.76. The fraction of sp³-hybridized carbons (Fsp3) is 0.333. The van der Waals surface area contributed by atoms with Crippen molar-refractivity contribution < 1.29 is 14.3 Å². The number of hydrogen-bond acceptors (Lipinski definition) is 4. The van der Waals surface area contributed by atoms with E-state index >= 15 is 0 Å². The first-order valence-electron chi connectivity index (χ1n) is 7.99. The first-order valence-corrected chi connectivity index (χ1v) is 7.99. The lowest BCUT2D eigenvalue weighted by Crippen LogP contribution is -2.22. The van der Waals surface area contributed by atoms with Gasteiger partial charge >= 0.3 is 0 Å². The van der Waals surface area contributed by atoms with Gasteiger partial charge in [0.25, 0.3) is 5.56 Å². The Morgan fingerprint density at radius 3 is 2.62 bits per heavy atom. The average Bonchev–Trinajstić information content (AvgIpc) is 2.57. The second-order valence-electron chi connectivity index (χ2n) is 5.05. The van der Waals surface area contributed by atoms with E-state index in [0.717, 1.165) is 0 Å². The SMILES string of the molecule is CCOc1ccc(OCC)c(NC(=O)CCn2ccccc2=O)c1. The fourth-order valence-electron chi connectivity index (χ4n) is 2.22. The molecule has 1 aromatic heterocycles. The summed E-state index contributed by atoms with van der Waals surface area (Å²) in [5.74, 6) is 1.06. The number of aryl methyl sites for hydroxylation is 1. The van der Waals surface area contributed by atoms with Crippen molar-refractivity contribution in [3.63, 3.8) is 0 Å². The van der Waals surface area contributed by atoms with Gasteiger partial charge in [0, 0.05) is 31.3 Å². The summed E-state index contributed by atoms with van der Waals surface area (Å²) in [4.78, 5) is 23.8. The zero-order chi connectivity index (χ0) is 17.4. The molecule has 128 valence electrons. The number of nitrogens with zero attached hydrogens (tertiary/aromatic N) is 1. The van der Waals surface area contributed by atoms with E-state index in [2.05, 4.69) is 5.32 Å². The van der Waals surface area contributed by atoms with E-state index in [1.807, 2.05) is 13.8 Å². The predicted molar refractivity (Wildman–Crippen MR) is 92.7 cm³/mol. The molecule has 1 N–H and O–H groups in total. The van der Waals surface area contributed by atoms with E-state index in [9.17, 15) is 9.59 Å². The Morgan fingerprint density at radius 1 is 1.12 bits per heavy atom. The van der Waals surface area contributed by atoms with E-state index in [0.29, 0.717) is 36.9 Å². The maximum Gasteiger partial charge on any atom is 0.250 e. The van der Waals surface area contributed by atoms with Gasteiger partial charge in [-0.1, -0.05) is 6.07 Å². The van der Waals surface area contributed by atoms with Gasteiger partial charge in [-0.3, -0.25) is 9.59 Å². The smallest absolute Gasteiger partial charge is 0.250 e. The normalized spacial score (nSPS) is 10.2. The molecule has 0 saturated carbocycles. The van der Waals surface area contributed by atoms with Crippen LogP contribution in [0.15, 0.2) is 47.4 Å². The molecule has 1 heterocycles. The average molecular weight is 330 g/mol. The number of aromatic nitrogens is 1. The van der Waals surface area contributed by atoms with Crippen LogP contribution in [0.4, 0.5) is 5.69 Å². The number of rotatable bonds is 8. The molecule has 0 fully saturated rings. The van der Waals surface area contributed by atoms with Crippen LogP contribution < -0.4 is 20.3 Å². The minimum atomic E-state index is -0.194. The van der Waals surface area contributed by atoms with E-state index < -0.39 is 0 Å². The molecule has 0 aliphatic heterocycles. The van der Waals surface area contributed by atoms with Gasteiger partial charge in [-0.15, -0.1) is 0 Å². The van der Waals surface area contributed by atoms with Crippen molar-refractivity contribution >= 4 is 11.6 Å². The summed E-state index contributed by atoms with van der Waals surface area (Å²) in [6, 6.07) is 10.2. The molecule has 1 aromatic carbocycles. The first kappa shape index (κ1) is 17.6. The van der Waals surface area contributed by atoms with Crippen LogP contribution in [-0.4, -0.2) is 23.7 Å². The van der Waals surface area contributed by atoms with Crippen molar-refractivity contribution in [2.45, 2.75) is 26.8 Å². The van der Waals surface area contributed by atoms with E-state index in [4.69, 9.17) is 9.47 Å². The molecule has 0 spiro atoms. The maximum absolute atomic E-state index is 12.2. The van der Waals surface area contributed by atoms with Gasteiger partial charge in [-0.25, -0.2) is 0 Å². The third-order valence-electron chi connectivity index (χ3n) is 3.31. The molecular weight excluding hydrogens is 308 g/mol. The summed E-state index contributed by atoms with van der Waals surface area (Å²) in [5, 5.41) is 2.82. The van der Waals surface area contributed by atoms with Crippen LogP contribution in [0.2, 0.25) is 0 Å². The van der Waals surface area contributed by atoms with Gasteiger partial charge in [-0.2, -0.15) is 0 Å².